The van der Waals surface area contributed by atoms with Crippen LogP contribution in [0.1, 0.15) is 17.7 Å². The second-order valence-corrected chi connectivity index (χ2v) is 7.95. The minimum Gasteiger partial charge on any atom is -0.369 e. The Labute approximate surface area is 177 Å². The highest BCUT2D eigenvalue weighted by Crippen LogP contribution is 2.40. The number of aromatic nitrogens is 3. The average Bonchev–Trinajstić information content (AvgIpc) is 3.10. The van der Waals surface area contributed by atoms with Crippen LogP contribution in [0.3, 0.4) is 0 Å². The monoisotopic (exact) mass is 421 g/mol. The van der Waals surface area contributed by atoms with Crippen LogP contribution in [0.4, 0.5) is 16.0 Å². The Bertz CT molecular complexity index is 1160. The predicted molar refractivity (Wildman–Crippen MR) is 118 cm³/mol. The van der Waals surface area contributed by atoms with Crippen LogP contribution in [0.25, 0.3) is 21.3 Å². The van der Waals surface area contributed by atoms with E-state index in [0.29, 0.717) is 25.2 Å². The van der Waals surface area contributed by atoms with E-state index >= 15 is 0 Å². The number of carbonyl (C=O) groups excluding carboxylic acids is 1. The first-order valence-corrected chi connectivity index (χ1v) is 10.4. The Hall–Kier alpha value is -3.39. The summed E-state index contributed by atoms with van der Waals surface area (Å²) in [7, 11) is 0. The van der Waals surface area contributed by atoms with E-state index in [9.17, 15) is 9.18 Å². The van der Waals surface area contributed by atoms with Crippen LogP contribution in [-0.2, 0) is 4.79 Å². The largest absolute Gasteiger partial charge is 0.369 e. The Kier molecular flexibility index (Phi) is 5.94. The van der Waals surface area contributed by atoms with Gasteiger partial charge >= 0.3 is 0 Å². The number of hydrogen-bond donors (Lipinski definition) is 2. The van der Waals surface area contributed by atoms with Crippen molar-refractivity contribution >= 4 is 39.1 Å². The van der Waals surface area contributed by atoms with Crippen LogP contribution < -0.4 is 10.6 Å². The van der Waals surface area contributed by atoms with E-state index < -0.39 is 5.82 Å². The van der Waals surface area contributed by atoms with Gasteiger partial charge in [-0.3, -0.25) is 4.79 Å². The van der Waals surface area contributed by atoms with Gasteiger partial charge in [0.2, 0.25) is 5.91 Å². The summed E-state index contributed by atoms with van der Waals surface area (Å²) in [6.07, 6.45) is 3.56. The highest BCUT2D eigenvalue weighted by atomic mass is 32.1. The van der Waals surface area contributed by atoms with Crippen molar-refractivity contribution in [3.8, 4) is 11.1 Å². The number of carbonyl (C=O) groups is 1. The Balaban J connectivity index is 1.42. The number of halogens is 1. The van der Waals surface area contributed by atoms with Crippen LogP contribution in [0, 0.1) is 12.7 Å². The smallest absolute Gasteiger partial charge is 0.225 e. The molecule has 0 radical (unpaired) electrons. The molecular weight excluding hydrogens is 401 g/mol. The minimum atomic E-state index is -0.438. The van der Waals surface area contributed by atoms with Gasteiger partial charge in [-0.2, -0.15) is 0 Å². The van der Waals surface area contributed by atoms with Crippen molar-refractivity contribution in [1.29, 1.82) is 0 Å². The molecule has 152 valence electrons. The maximum Gasteiger partial charge on any atom is 0.225 e. The van der Waals surface area contributed by atoms with E-state index in [-0.39, 0.29) is 5.91 Å². The van der Waals surface area contributed by atoms with Crippen molar-refractivity contribution in [2.24, 2.45) is 0 Å². The summed E-state index contributed by atoms with van der Waals surface area (Å²) in [5.41, 5.74) is 2.27. The van der Waals surface area contributed by atoms with Crippen molar-refractivity contribution < 1.29 is 9.18 Å². The first-order chi connectivity index (χ1) is 14.6. The summed E-state index contributed by atoms with van der Waals surface area (Å²) in [5.74, 6) is 0.504. The number of amides is 1. The molecule has 1 amide bonds. The maximum atomic E-state index is 12.9. The summed E-state index contributed by atoms with van der Waals surface area (Å²) in [6.45, 7) is 2.67. The standard InChI is InChI=1S/C22H20FN5OS/c1-14-19(15-6-3-2-4-7-15)20-21(26-13-27-22(20)30-14)24-11-5-8-18(29)28-17-10-9-16(23)12-25-17/h2-4,6-7,9-10,12-13H,5,8,11H2,1H3,(H,24,26,27)(H,25,28,29). The zero-order chi connectivity index (χ0) is 20.9. The third kappa shape index (κ3) is 4.44. The lowest BCUT2D eigenvalue weighted by Gasteiger charge is -2.09. The molecule has 0 saturated heterocycles. The van der Waals surface area contributed by atoms with Gasteiger partial charge in [-0.15, -0.1) is 11.3 Å². The van der Waals surface area contributed by atoms with Crippen LogP contribution in [0.5, 0.6) is 0 Å². The van der Waals surface area contributed by atoms with Crippen molar-refractivity contribution in [2.45, 2.75) is 19.8 Å². The lowest BCUT2D eigenvalue weighted by Crippen LogP contribution is -2.14. The molecule has 0 aliphatic carbocycles. The van der Waals surface area contributed by atoms with Gasteiger partial charge in [0.15, 0.2) is 0 Å². The molecule has 1 aromatic carbocycles. The number of thiophene rings is 1. The Morgan fingerprint density at radius 1 is 1.10 bits per heavy atom. The Morgan fingerprint density at radius 2 is 1.93 bits per heavy atom. The lowest BCUT2D eigenvalue weighted by molar-refractivity contribution is -0.116. The molecule has 0 spiro atoms. The van der Waals surface area contributed by atoms with E-state index in [1.54, 1.807) is 17.7 Å². The molecule has 0 unspecified atom stereocenters. The number of nitrogens with one attached hydrogen (secondary N) is 2. The maximum absolute atomic E-state index is 12.9. The molecule has 4 rings (SSSR count). The zero-order valence-electron chi connectivity index (χ0n) is 16.4. The van der Waals surface area contributed by atoms with Crippen molar-refractivity contribution in [3.63, 3.8) is 0 Å². The highest BCUT2D eigenvalue weighted by Gasteiger charge is 2.16. The molecule has 0 saturated carbocycles. The normalized spacial score (nSPS) is 10.9. The second-order valence-electron chi connectivity index (χ2n) is 6.74. The average molecular weight is 422 g/mol. The second kappa shape index (κ2) is 8.96. The molecule has 2 N–H and O–H groups in total. The van der Waals surface area contributed by atoms with Crippen LogP contribution in [0.2, 0.25) is 0 Å². The molecule has 30 heavy (non-hydrogen) atoms. The fraction of sp³-hybridized carbons (Fsp3) is 0.182. The molecule has 0 atom stereocenters. The molecule has 0 aliphatic rings. The van der Waals surface area contributed by atoms with Gasteiger partial charge in [0.25, 0.3) is 0 Å². The van der Waals surface area contributed by atoms with E-state index in [2.05, 4.69) is 44.6 Å². The molecule has 8 heteroatoms. The van der Waals surface area contributed by atoms with Gasteiger partial charge in [-0.25, -0.2) is 19.3 Å². The minimum absolute atomic E-state index is 0.167. The SMILES string of the molecule is Cc1sc2ncnc(NCCCC(=O)Nc3ccc(F)cn3)c2c1-c1ccccc1. The molecule has 0 bridgehead atoms. The number of nitrogens with zero attached hydrogens (tertiary/aromatic N) is 3. The summed E-state index contributed by atoms with van der Waals surface area (Å²) >= 11 is 1.65. The van der Waals surface area contributed by atoms with Gasteiger partial charge in [-0.1, -0.05) is 30.3 Å². The molecule has 3 heterocycles. The van der Waals surface area contributed by atoms with E-state index in [0.717, 1.165) is 33.4 Å². The van der Waals surface area contributed by atoms with Gasteiger partial charge in [0.1, 0.15) is 28.6 Å². The third-order valence-electron chi connectivity index (χ3n) is 4.59. The zero-order valence-corrected chi connectivity index (χ0v) is 17.2. The van der Waals surface area contributed by atoms with Crippen molar-refractivity contribution in [2.75, 3.05) is 17.2 Å². The molecule has 6 nitrogen and oxygen atoms in total. The van der Waals surface area contributed by atoms with Gasteiger partial charge < -0.3 is 10.6 Å². The van der Waals surface area contributed by atoms with E-state index in [1.165, 1.54) is 17.0 Å². The number of hydrogen-bond acceptors (Lipinski definition) is 6. The quantitative estimate of drug-likeness (QED) is 0.409. The molecule has 0 fully saturated rings. The molecular formula is C22H20FN5OS. The van der Waals surface area contributed by atoms with E-state index in [1.807, 2.05) is 18.2 Å². The number of aryl methyl sites for hydroxylation is 1. The van der Waals surface area contributed by atoms with E-state index in [4.69, 9.17) is 0 Å². The Morgan fingerprint density at radius 3 is 2.70 bits per heavy atom. The topological polar surface area (TPSA) is 79.8 Å². The number of benzene rings is 1. The molecule has 3 aromatic heterocycles. The fourth-order valence-corrected chi connectivity index (χ4v) is 4.25. The number of pyridine rings is 1. The fourth-order valence-electron chi connectivity index (χ4n) is 3.24. The number of rotatable bonds is 7. The number of anilines is 2. The number of fused-ring (bicyclic) bond motifs is 1. The van der Waals surface area contributed by atoms with Crippen LogP contribution in [-0.4, -0.2) is 27.4 Å². The first kappa shape index (κ1) is 19.9. The van der Waals surface area contributed by atoms with Gasteiger partial charge in [0, 0.05) is 23.4 Å². The van der Waals surface area contributed by atoms with Crippen LogP contribution in [0.15, 0.2) is 55.0 Å². The molecule has 0 aliphatic heterocycles. The predicted octanol–water partition coefficient (Wildman–Crippen LogP) is 5.03. The third-order valence-corrected chi connectivity index (χ3v) is 5.61. The summed E-state index contributed by atoms with van der Waals surface area (Å²) in [6, 6.07) is 12.9. The summed E-state index contributed by atoms with van der Waals surface area (Å²) < 4.78 is 12.9. The van der Waals surface area contributed by atoms with Gasteiger partial charge in [-0.05, 0) is 31.0 Å². The van der Waals surface area contributed by atoms with Crippen LogP contribution >= 0.6 is 11.3 Å². The summed E-state index contributed by atoms with van der Waals surface area (Å²) in [5, 5.41) is 7.02. The van der Waals surface area contributed by atoms with Gasteiger partial charge in [0.05, 0.1) is 11.6 Å². The summed E-state index contributed by atoms with van der Waals surface area (Å²) in [4.78, 5) is 26.9. The lowest BCUT2D eigenvalue weighted by atomic mass is 10.0. The van der Waals surface area contributed by atoms with Crippen molar-refractivity contribution in [3.05, 3.63) is 65.7 Å². The first-order valence-electron chi connectivity index (χ1n) is 9.56. The molecule has 4 aromatic rings. The highest BCUT2D eigenvalue weighted by molar-refractivity contribution is 7.19. The van der Waals surface area contributed by atoms with Crippen molar-refractivity contribution in [1.82, 2.24) is 15.0 Å².